The number of nitrogens with one attached hydrogen (secondary N) is 1. The Kier molecular flexibility index (Phi) is 4.47. The average molecular weight is 290 g/mol. The maximum Gasteiger partial charge on any atom is 0.239 e. The molecular formula is C11H16ClN3O2S. The summed E-state index contributed by atoms with van der Waals surface area (Å²) < 4.78 is 0. The number of hydrogen-bond acceptors (Lipinski definition) is 5. The summed E-state index contributed by atoms with van der Waals surface area (Å²) in [6.45, 7) is 4.01. The summed E-state index contributed by atoms with van der Waals surface area (Å²) in [5, 5.41) is 3.06. The molecule has 0 unspecified atom stereocenters. The van der Waals surface area contributed by atoms with Crippen molar-refractivity contribution in [2.45, 2.75) is 26.7 Å². The Labute approximate surface area is 116 Å². The minimum absolute atomic E-state index is 0. The van der Waals surface area contributed by atoms with Gasteiger partial charge in [0.2, 0.25) is 5.91 Å². The highest BCUT2D eigenvalue weighted by Gasteiger charge is 2.33. The monoisotopic (exact) mass is 289 g/mol. The first-order valence-electron chi connectivity index (χ1n) is 5.44. The zero-order valence-electron chi connectivity index (χ0n) is 10.3. The lowest BCUT2D eigenvalue weighted by atomic mass is 9.78. The van der Waals surface area contributed by atoms with Gasteiger partial charge in [-0.1, -0.05) is 25.2 Å². The van der Waals surface area contributed by atoms with E-state index in [9.17, 15) is 9.59 Å². The normalized spacial score (nSPS) is 16.7. The minimum atomic E-state index is -0.289. The summed E-state index contributed by atoms with van der Waals surface area (Å²) in [4.78, 5) is 28.0. The molecule has 1 aliphatic carbocycles. The molecule has 1 amide bonds. The summed E-state index contributed by atoms with van der Waals surface area (Å²) in [7, 11) is 0. The van der Waals surface area contributed by atoms with Gasteiger partial charge < -0.3 is 11.1 Å². The molecule has 0 saturated heterocycles. The fourth-order valence-corrected chi connectivity index (χ4v) is 2.88. The number of amides is 1. The lowest BCUT2D eigenvalue weighted by molar-refractivity contribution is -0.114. The van der Waals surface area contributed by atoms with E-state index in [0.717, 1.165) is 12.1 Å². The summed E-state index contributed by atoms with van der Waals surface area (Å²) in [6, 6.07) is 0. The number of nitrogens with two attached hydrogens (primary N) is 1. The van der Waals surface area contributed by atoms with Crippen molar-refractivity contribution in [3.63, 3.8) is 0 Å². The number of rotatable bonds is 2. The van der Waals surface area contributed by atoms with Gasteiger partial charge in [-0.3, -0.25) is 9.59 Å². The van der Waals surface area contributed by atoms with Crippen LogP contribution in [-0.4, -0.2) is 23.2 Å². The molecule has 0 saturated carbocycles. The first-order chi connectivity index (χ1) is 7.91. The number of hydrogen-bond donors (Lipinski definition) is 2. The van der Waals surface area contributed by atoms with Gasteiger partial charge in [0, 0.05) is 6.42 Å². The number of fused-ring (bicyclic) bond motifs is 1. The zero-order valence-corrected chi connectivity index (χ0v) is 11.9. The average Bonchev–Trinajstić information content (AvgIpc) is 2.58. The highest BCUT2D eigenvalue weighted by molar-refractivity contribution is 7.17. The van der Waals surface area contributed by atoms with Crippen molar-refractivity contribution in [2.75, 3.05) is 11.9 Å². The summed E-state index contributed by atoms with van der Waals surface area (Å²) in [5.41, 5.74) is 5.96. The van der Waals surface area contributed by atoms with E-state index in [4.69, 9.17) is 5.73 Å². The van der Waals surface area contributed by atoms with Gasteiger partial charge in [0.15, 0.2) is 10.9 Å². The number of Topliss-reactive ketones (excluding diaryl/α,β-unsaturated/α-hetero) is 1. The van der Waals surface area contributed by atoms with E-state index in [1.807, 2.05) is 13.8 Å². The predicted octanol–water partition coefficient (Wildman–Crippen LogP) is 1.62. The smallest absolute Gasteiger partial charge is 0.239 e. The van der Waals surface area contributed by atoms with E-state index in [2.05, 4.69) is 10.3 Å². The molecule has 0 fully saturated rings. The molecule has 0 atom stereocenters. The molecule has 1 aromatic heterocycles. The number of aromatic nitrogens is 1. The molecule has 0 aliphatic heterocycles. The molecular weight excluding hydrogens is 274 g/mol. The van der Waals surface area contributed by atoms with E-state index in [0.29, 0.717) is 16.4 Å². The first-order valence-corrected chi connectivity index (χ1v) is 6.26. The fraction of sp³-hybridized carbons (Fsp3) is 0.545. The summed E-state index contributed by atoms with van der Waals surface area (Å²) in [6.07, 6.45) is 1.30. The quantitative estimate of drug-likeness (QED) is 0.866. The van der Waals surface area contributed by atoms with Gasteiger partial charge >= 0.3 is 0 Å². The number of carbonyl (C=O) groups is 2. The minimum Gasteiger partial charge on any atom is -0.322 e. The Hall–Kier alpha value is -0.980. The Morgan fingerprint density at radius 3 is 2.78 bits per heavy atom. The summed E-state index contributed by atoms with van der Waals surface area (Å²) >= 11 is 1.24. The molecule has 2 rings (SSSR count). The van der Waals surface area contributed by atoms with Crippen molar-refractivity contribution < 1.29 is 9.59 Å². The highest BCUT2D eigenvalue weighted by atomic mass is 35.5. The SMILES string of the molecule is CC1(C)CC(=O)c2sc(NC(=O)CN)nc2C1.Cl. The third kappa shape index (κ3) is 3.07. The van der Waals surface area contributed by atoms with Crippen molar-refractivity contribution in [1.29, 1.82) is 0 Å². The van der Waals surface area contributed by atoms with Crippen LogP contribution in [0.5, 0.6) is 0 Å². The maximum atomic E-state index is 11.9. The lowest BCUT2D eigenvalue weighted by Gasteiger charge is -2.26. The van der Waals surface area contributed by atoms with Crippen molar-refractivity contribution >= 4 is 40.6 Å². The molecule has 7 heteroatoms. The van der Waals surface area contributed by atoms with E-state index >= 15 is 0 Å². The molecule has 0 bridgehead atoms. The van der Waals surface area contributed by atoms with Gasteiger partial charge in [0.25, 0.3) is 0 Å². The third-order valence-electron chi connectivity index (χ3n) is 2.67. The molecule has 100 valence electrons. The third-order valence-corrected chi connectivity index (χ3v) is 3.72. The van der Waals surface area contributed by atoms with Gasteiger partial charge in [0.05, 0.1) is 17.1 Å². The van der Waals surface area contributed by atoms with Crippen LogP contribution >= 0.6 is 23.7 Å². The van der Waals surface area contributed by atoms with Gasteiger partial charge in [-0.15, -0.1) is 12.4 Å². The molecule has 18 heavy (non-hydrogen) atoms. The number of thiazole rings is 1. The molecule has 5 nitrogen and oxygen atoms in total. The van der Waals surface area contributed by atoms with Crippen LogP contribution in [0.2, 0.25) is 0 Å². The van der Waals surface area contributed by atoms with Gasteiger partial charge in [-0.05, 0) is 11.8 Å². The maximum absolute atomic E-state index is 11.9. The molecule has 0 aromatic carbocycles. The fourth-order valence-electron chi connectivity index (χ4n) is 1.94. The Bertz CT molecular complexity index is 485. The number of carbonyl (C=O) groups excluding carboxylic acids is 2. The van der Waals surface area contributed by atoms with Gasteiger partial charge in [0.1, 0.15) is 0 Å². The number of nitrogens with zero attached hydrogens (tertiary/aromatic N) is 1. The van der Waals surface area contributed by atoms with Crippen LogP contribution in [0.25, 0.3) is 0 Å². The van der Waals surface area contributed by atoms with Gasteiger partial charge in [-0.2, -0.15) is 0 Å². The van der Waals surface area contributed by atoms with Crippen LogP contribution < -0.4 is 11.1 Å². The second-order valence-corrected chi connectivity index (χ2v) is 5.99. The molecule has 3 N–H and O–H groups in total. The molecule has 1 aliphatic rings. The number of anilines is 1. The Balaban J connectivity index is 0.00000162. The molecule has 1 aromatic rings. The topological polar surface area (TPSA) is 85.1 Å². The Morgan fingerprint density at radius 2 is 2.17 bits per heavy atom. The zero-order chi connectivity index (χ0) is 12.6. The number of ketones is 1. The van der Waals surface area contributed by atoms with Crippen LogP contribution in [0.1, 0.15) is 35.6 Å². The van der Waals surface area contributed by atoms with Crippen molar-refractivity contribution in [1.82, 2.24) is 4.98 Å². The molecule has 0 radical (unpaired) electrons. The molecule has 1 heterocycles. The van der Waals surface area contributed by atoms with Gasteiger partial charge in [-0.25, -0.2) is 4.98 Å². The summed E-state index contributed by atoms with van der Waals surface area (Å²) in [5.74, 6) is -0.176. The largest absolute Gasteiger partial charge is 0.322 e. The van der Waals surface area contributed by atoms with Crippen LogP contribution in [-0.2, 0) is 11.2 Å². The van der Waals surface area contributed by atoms with Crippen LogP contribution in [0, 0.1) is 5.41 Å². The highest BCUT2D eigenvalue weighted by Crippen LogP contribution is 2.38. The van der Waals surface area contributed by atoms with E-state index in [1.165, 1.54) is 11.3 Å². The van der Waals surface area contributed by atoms with Crippen molar-refractivity contribution in [3.05, 3.63) is 10.6 Å². The van der Waals surface area contributed by atoms with Crippen LogP contribution in [0.4, 0.5) is 5.13 Å². The lowest BCUT2D eigenvalue weighted by Crippen LogP contribution is -2.26. The molecule has 0 spiro atoms. The first kappa shape index (κ1) is 15.1. The van der Waals surface area contributed by atoms with E-state index < -0.39 is 0 Å². The number of halogens is 1. The van der Waals surface area contributed by atoms with Crippen LogP contribution in [0.15, 0.2) is 0 Å². The van der Waals surface area contributed by atoms with E-state index in [-0.39, 0.29) is 36.1 Å². The second kappa shape index (κ2) is 5.34. The Morgan fingerprint density at radius 1 is 1.50 bits per heavy atom. The van der Waals surface area contributed by atoms with E-state index in [1.54, 1.807) is 0 Å². The van der Waals surface area contributed by atoms with Crippen molar-refractivity contribution in [3.8, 4) is 0 Å². The predicted molar refractivity (Wildman–Crippen MR) is 73.5 cm³/mol. The van der Waals surface area contributed by atoms with Crippen molar-refractivity contribution in [2.24, 2.45) is 11.1 Å². The standard InChI is InChI=1S/C11H15N3O2S.ClH/c1-11(2)3-6-9(7(15)4-11)17-10(13-6)14-8(16)5-12;/h3-5,12H2,1-2H3,(H,13,14,16);1H. The van der Waals surface area contributed by atoms with Crippen LogP contribution in [0.3, 0.4) is 0 Å². The second-order valence-electron chi connectivity index (χ2n) is 4.99.